The van der Waals surface area contributed by atoms with Gasteiger partial charge in [0.1, 0.15) is 15.6 Å². The van der Waals surface area contributed by atoms with Gasteiger partial charge in [0.25, 0.3) is 0 Å². The Morgan fingerprint density at radius 1 is 1.30 bits per heavy atom. The summed E-state index contributed by atoms with van der Waals surface area (Å²) in [5.74, 6) is 0.662. The van der Waals surface area contributed by atoms with E-state index in [0.717, 1.165) is 35.1 Å². The van der Waals surface area contributed by atoms with Gasteiger partial charge in [0.2, 0.25) is 5.91 Å². The van der Waals surface area contributed by atoms with Gasteiger partial charge in [-0.25, -0.2) is 8.42 Å². The first kappa shape index (κ1) is 18.0. The molecule has 6 nitrogen and oxygen atoms in total. The van der Waals surface area contributed by atoms with Crippen LogP contribution in [-0.2, 0) is 20.0 Å². The molecule has 2 aromatic rings. The molecule has 27 heavy (non-hydrogen) atoms. The zero-order chi connectivity index (χ0) is 19.1. The minimum absolute atomic E-state index is 0.0400. The van der Waals surface area contributed by atoms with Gasteiger partial charge < -0.3 is 9.64 Å². The first-order valence-electron chi connectivity index (χ1n) is 9.00. The van der Waals surface area contributed by atoms with Crippen molar-refractivity contribution in [2.45, 2.75) is 18.3 Å². The van der Waals surface area contributed by atoms with E-state index in [1.54, 1.807) is 11.1 Å². The monoisotopic (exact) mass is 386 g/mol. The zero-order valence-corrected chi connectivity index (χ0v) is 16.0. The number of nitrogens with zero attached hydrogens (tertiary/aromatic N) is 2. The highest BCUT2D eigenvalue weighted by Gasteiger charge is 2.47. The minimum atomic E-state index is -3.14. The SMILES string of the molecule is CS(=O)(=O)CCC(=O)N1CCC2(COc3ccc(-c4cccnc4)cc32)C1. The third-order valence-corrected chi connectivity index (χ3v) is 6.39. The van der Waals surface area contributed by atoms with Gasteiger partial charge in [-0.05, 0) is 30.2 Å². The molecule has 1 saturated heterocycles. The number of amides is 1. The van der Waals surface area contributed by atoms with Gasteiger partial charge in [-0.3, -0.25) is 9.78 Å². The van der Waals surface area contributed by atoms with Gasteiger partial charge in [0.15, 0.2) is 0 Å². The number of benzene rings is 1. The molecule has 0 bridgehead atoms. The number of carbonyl (C=O) groups is 1. The lowest BCUT2D eigenvalue weighted by molar-refractivity contribution is -0.129. The number of ether oxygens (including phenoxy) is 1. The number of fused-ring (bicyclic) bond motifs is 2. The largest absolute Gasteiger partial charge is 0.492 e. The Kier molecular flexibility index (Phi) is 4.42. The molecule has 0 radical (unpaired) electrons. The Morgan fingerprint density at radius 3 is 2.89 bits per heavy atom. The molecule has 1 aromatic heterocycles. The molecule has 2 aliphatic rings. The molecule has 2 aliphatic heterocycles. The average molecular weight is 386 g/mol. The molecular formula is C20H22N2O4S. The highest BCUT2D eigenvalue weighted by Crippen LogP contribution is 2.46. The van der Waals surface area contributed by atoms with E-state index in [1.807, 2.05) is 30.5 Å². The number of hydrogen-bond donors (Lipinski definition) is 0. The fourth-order valence-corrected chi connectivity index (χ4v) is 4.48. The highest BCUT2D eigenvalue weighted by atomic mass is 32.2. The molecule has 142 valence electrons. The average Bonchev–Trinajstić information content (AvgIpc) is 3.25. The van der Waals surface area contributed by atoms with Crippen molar-refractivity contribution < 1.29 is 17.9 Å². The Hall–Kier alpha value is -2.41. The molecule has 1 spiro atoms. The fourth-order valence-electron chi connectivity index (χ4n) is 3.93. The smallest absolute Gasteiger partial charge is 0.223 e. The number of hydrogen-bond acceptors (Lipinski definition) is 5. The lowest BCUT2D eigenvalue weighted by atomic mass is 9.80. The van der Waals surface area contributed by atoms with E-state index in [2.05, 4.69) is 11.1 Å². The number of sulfone groups is 1. The second-order valence-corrected chi connectivity index (χ2v) is 9.73. The van der Waals surface area contributed by atoms with Crippen LogP contribution in [0.15, 0.2) is 42.7 Å². The first-order valence-corrected chi connectivity index (χ1v) is 11.1. The fraction of sp³-hybridized carbons (Fsp3) is 0.400. The van der Waals surface area contributed by atoms with E-state index < -0.39 is 9.84 Å². The zero-order valence-electron chi connectivity index (χ0n) is 15.2. The maximum Gasteiger partial charge on any atom is 0.223 e. The summed E-state index contributed by atoms with van der Waals surface area (Å²) in [4.78, 5) is 18.4. The Labute approximate surface area is 159 Å². The van der Waals surface area contributed by atoms with Crippen molar-refractivity contribution in [1.82, 2.24) is 9.88 Å². The second kappa shape index (κ2) is 6.64. The van der Waals surface area contributed by atoms with Crippen LogP contribution in [0.3, 0.4) is 0 Å². The van der Waals surface area contributed by atoms with Gasteiger partial charge in [-0.1, -0.05) is 12.1 Å². The number of aromatic nitrogens is 1. The number of pyridine rings is 1. The molecule has 7 heteroatoms. The summed E-state index contributed by atoms with van der Waals surface area (Å²) in [5, 5.41) is 0. The van der Waals surface area contributed by atoms with Crippen LogP contribution in [0.5, 0.6) is 5.75 Å². The lowest BCUT2D eigenvalue weighted by Crippen LogP contribution is -2.36. The summed E-state index contributed by atoms with van der Waals surface area (Å²) < 4.78 is 28.6. The van der Waals surface area contributed by atoms with Crippen molar-refractivity contribution in [3.63, 3.8) is 0 Å². The third-order valence-electron chi connectivity index (χ3n) is 5.44. The molecule has 1 amide bonds. The minimum Gasteiger partial charge on any atom is -0.492 e. The number of carbonyl (C=O) groups excluding carboxylic acids is 1. The van der Waals surface area contributed by atoms with Crippen LogP contribution in [0, 0.1) is 0 Å². The molecule has 1 aromatic carbocycles. The van der Waals surface area contributed by atoms with Crippen LogP contribution in [0.2, 0.25) is 0 Å². The van der Waals surface area contributed by atoms with E-state index in [4.69, 9.17) is 4.74 Å². The number of likely N-dealkylation sites (tertiary alicyclic amines) is 1. The summed E-state index contributed by atoms with van der Waals surface area (Å²) in [6.07, 6.45) is 5.60. The summed E-state index contributed by atoms with van der Waals surface area (Å²) in [6, 6.07) is 10.1. The van der Waals surface area contributed by atoms with E-state index in [9.17, 15) is 13.2 Å². The predicted octanol–water partition coefficient (Wildman–Crippen LogP) is 2.05. The Balaban J connectivity index is 1.56. The quantitative estimate of drug-likeness (QED) is 0.804. The summed E-state index contributed by atoms with van der Waals surface area (Å²) in [5.41, 5.74) is 3.03. The van der Waals surface area contributed by atoms with Crippen molar-refractivity contribution in [1.29, 1.82) is 0 Å². The highest BCUT2D eigenvalue weighted by molar-refractivity contribution is 7.90. The van der Waals surface area contributed by atoms with Crippen molar-refractivity contribution in [2.24, 2.45) is 0 Å². The predicted molar refractivity (Wildman–Crippen MR) is 102 cm³/mol. The van der Waals surface area contributed by atoms with Gasteiger partial charge in [-0.15, -0.1) is 0 Å². The summed E-state index contributed by atoms with van der Waals surface area (Å²) in [7, 11) is -3.14. The maximum absolute atomic E-state index is 12.4. The van der Waals surface area contributed by atoms with Gasteiger partial charge >= 0.3 is 0 Å². The van der Waals surface area contributed by atoms with Crippen LogP contribution in [0.4, 0.5) is 0 Å². The summed E-state index contributed by atoms with van der Waals surface area (Å²) in [6.45, 7) is 1.75. The Morgan fingerprint density at radius 2 is 2.15 bits per heavy atom. The van der Waals surface area contributed by atoms with E-state index in [-0.39, 0.29) is 23.5 Å². The molecule has 0 saturated carbocycles. The van der Waals surface area contributed by atoms with Crippen LogP contribution in [0.25, 0.3) is 11.1 Å². The van der Waals surface area contributed by atoms with E-state index in [0.29, 0.717) is 19.7 Å². The van der Waals surface area contributed by atoms with Crippen LogP contribution in [0.1, 0.15) is 18.4 Å². The maximum atomic E-state index is 12.4. The standard InChI is InChI=1S/C20H22N2O4S/c1-27(24,25)10-6-19(23)22-9-7-20(13-22)14-26-18-5-4-15(11-17(18)20)16-3-2-8-21-12-16/h2-5,8,11-12H,6-7,9-10,13-14H2,1H3. The van der Waals surface area contributed by atoms with Gasteiger partial charge in [-0.2, -0.15) is 0 Å². The molecule has 0 aliphatic carbocycles. The molecule has 4 rings (SSSR count). The van der Waals surface area contributed by atoms with Crippen molar-refractivity contribution in [2.75, 3.05) is 31.7 Å². The van der Waals surface area contributed by atoms with Crippen LogP contribution < -0.4 is 4.74 Å². The topological polar surface area (TPSA) is 76.6 Å². The van der Waals surface area contributed by atoms with Crippen molar-refractivity contribution >= 4 is 15.7 Å². The number of rotatable bonds is 4. The molecular weight excluding hydrogens is 364 g/mol. The van der Waals surface area contributed by atoms with Gasteiger partial charge in [0, 0.05) is 49.3 Å². The van der Waals surface area contributed by atoms with E-state index >= 15 is 0 Å². The van der Waals surface area contributed by atoms with Crippen LogP contribution >= 0.6 is 0 Å². The molecule has 1 atom stereocenters. The lowest BCUT2D eigenvalue weighted by Gasteiger charge is -2.23. The van der Waals surface area contributed by atoms with Crippen LogP contribution in [-0.4, -0.2) is 55.9 Å². The molecule has 3 heterocycles. The molecule has 1 unspecified atom stereocenters. The molecule has 0 N–H and O–H groups in total. The third kappa shape index (κ3) is 3.56. The first-order chi connectivity index (χ1) is 12.9. The summed E-state index contributed by atoms with van der Waals surface area (Å²) >= 11 is 0. The van der Waals surface area contributed by atoms with Crippen molar-refractivity contribution in [3.05, 3.63) is 48.3 Å². The van der Waals surface area contributed by atoms with Crippen molar-refractivity contribution in [3.8, 4) is 16.9 Å². The Bertz CT molecular complexity index is 975. The van der Waals surface area contributed by atoms with E-state index in [1.165, 1.54) is 0 Å². The normalized spacial score (nSPS) is 21.3. The second-order valence-electron chi connectivity index (χ2n) is 7.47. The molecule has 1 fully saturated rings. The van der Waals surface area contributed by atoms with Gasteiger partial charge in [0.05, 0.1) is 17.8 Å².